The van der Waals surface area contributed by atoms with E-state index >= 15 is 0 Å². The number of benzene rings is 2. The van der Waals surface area contributed by atoms with Gasteiger partial charge in [-0.2, -0.15) is 0 Å². The van der Waals surface area contributed by atoms with Crippen molar-refractivity contribution in [2.75, 3.05) is 0 Å². The number of aliphatic hydroxyl groups excluding tert-OH is 1. The number of aliphatic hydroxyl groups is 2. The first-order valence-electron chi connectivity index (χ1n) is 11.7. The molecule has 0 unspecified atom stereocenters. The first-order valence-corrected chi connectivity index (χ1v) is 11.7. The second kappa shape index (κ2) is 11.8. The Labute approximate surface area is 191 Å². The van der Waals surface area contributed by atoms with Crippen molar-refractivity contribution < 1.29 is 14.9 Å². The Kier molecular flexibility index (Phi) is 8.89. The van der Waals surface area contributed by atoms with E-state index in [1.54, 1.807) is 0 Å². The highest BCUT2D eigenvalue weighted by Gasteiger charge is 2.14. The van der Waals surface area contributed by atoms with Crippen LogP contribution >= 0.6 is 0 Å². The van der Waals surface area contributed by atoms with Crippen LogP contribution in [0.15, 0.2) is 48.7 Å². The summed E-state index contributed by atoms with van der Waals surface area (Å²) in [4.78, 5) is 4.75. The van der Waals surface area contributed by atoms with Gasteiger partial charge in [0.15, 0.2) is 0 Å². The van der Waals surface area contributed by atoms with Crippen LogP contribution in [-0.4, -0.2) is 26.1 Å². The summed E-state index contributed by atoms with van der Waals surface area (Å²) in [6.07, 6.45) is 8.08. The van der Waals surface area contributed by atoms with E-state index < -0.39 is 6.29 Å². The van der Waals surface area contributed by atoms with Crippen LogP contribution in [-0.2, 0) is 26.0 Å². The summed E-state index contributed by atoms with van der Waals surface area (Å²) < 4.78 is 8.51. The Morgan fingerprint density at radius 2 is 1.75 bits per heavy atom. The standard InChI is InChI=1S/C25H30N2O.C2H6O2/c1-3-4-5-15-27-23(17-26-25(27)21-11-9-19(2)10-12-21)18-28-24-14-13-20-7-6-8-22(20)16-24;1-2(3)4/h9-14,16-17H,3-8,15,18H2,1-2H3;2-4H,1H3. The number of rotatable bonds is 8. The molecule has 2 aromatic carbocycles. The average molecular weight is 437 g/mol. The zero-order chi connectivity index (χ0) is 22.9. The number of nitrogens with zero attached hydrogens (tertiary/aromatic N) is 2. The van der Waals surface area contributed by atoms with Crippen LogP contribution in [0.4, 0.5) is 0 Å². The SMILES string of the molecule is CC(O)O.CCCCCn1c(COc2ccc3c(c2)CCC3)cnc1-c1ccc(C)cc1. The number of imidazole rings is 1. The van der Waals surface area contributed by atoms with Crippen LogP contribution in [0.25, 0.3) is 11.4 Å². The van der Waals surface area contributed by atoms with Crippen molar-refractivity contribution in [3.63, 3.8) is 0 Å². The molecule has 0 saturated heterocycles. The Hall–Kier alpha value is -2.63. The van der Waals surface area contributed by atoms with Crippen molar-refractivity contribution in [2.45, 2.75) is 78.7 Å². The summed E-state index contributed by atoms with van der Waals surface area (Å²) in [7, 11) is 0. The van der Waals surface area contributed by atoms with Gasteiger partial charge >= 0.3 is 0 Å². The number of hydrogen-bond donors (Lipinski definition) is 2. The molecule has 1 aliphatic rings. The molecule has 3 aromatic rings. The molecule has 0 fully saturated rings. The summed E-state index contributed by atoms with van der Waals surface area (Å²) in [6, 6.07) is 15.2. The zero-order valence-corrected chi connectivity index (χ0v) is 19.6. The molecule has 0 saturated carbocycles. The molecule has 0 amide bonds. The van der Waals surface area contributed by atoms with Crippen LogP contribution in [0.2, 0.25) is 0 Å². The lowest BCUT2D eigenvalue weighted by Crippen LogP contribution is -2.08. The molecule has 172 valence electrons. The molecule has 1 aliphatic carbocycles. The highest BCUT2D eigenvalue weighted by atomic mass is 16.5. The molecule has 1 heterocycles. The number of hydrogen-bond acceptors (Lipinski definition) is 4. The minimum atomic E-state index is -1.17. The van der Waals surface area contributed by atoms with E-state index in [1.165, 1.54) is 61.3 Å². The summed E-state index contributed by atoms with van der Waals surface area (Å²) in [5.41, 5.74) is 6.53. The molecular formula is C27H36N2O3. The second-order valence-electron chi connectivity index (χ2n) is 8.50. The van der Waals surface area contributed by atoms with Gasteiger partial charge in [-0.15, -0.1) is 0 Å². The first kappa shape index (κ1) is 24.0. The molecule has 5 heteroatoms. The van der Waals surface area contributed by atoms with Gasteiger partial charge in [0.25, 0.3) is 0 Å². The van der Waals surface area contributed by atoms with E-state index in [0.717, 1.165) is 30.2 Å². The van der Waals surface area contributed by atoms with E-state index in [9.17, 15) is 0 Å². The van der Waals surface area contributed by atoms with E-state index in [2.05, 4.69) is 60.9 Å². The molecule has 0 aliphatic heterocycles. The lowest BCUT2D eigenvalue weighted by molar-refractivity contribution is -0.0228. The molecule has 0 atom stereocenters. The normalized spacial score (nSPS) is 12.4. The van der Waals surface area contributed by atoms with Crippen molar-refractivity contribution in [2.24, 2.45) is 0 Å². The second-order valence-corrected chi connectivity index (χ2v) is 8.50. The molecule has 1 aromatic heterocycles. The fraction of sp³-hybridized carbons (Fsp3) is 0.444. The quantitative estimate of drug-likeness (QED) is 0.365. The Balaban J connectivity index is 0.000000668. The van der Waals surface area contributed by atoms with Crippen LogP contribution in [0, 0.1) is 6.92 Å². The predicted octanol–water partition coefficient (Wildman–Crippen LogP) is 5.43. The maximum absolute atomic E-state index is 7.61. The van der Waals surface area contributed by atoms with Crippen LogP contribution in [0.1, 0.15) is 61.9 Å². The first-order chi connectivity index (χ1) is 15.5. The number of fused-ring (bicyclic) bond motifs is 1. The Morgan fingerprint density at radius 1 is 1.03 bits per heavy atom. The minimum Gasteiger partial charge on any atom is -0.487 e. The largest absolute Gasteiger partial charge is 0.487 e. The van der Waals surface area contributed by atoms with Gasteiger partial charge in [0.2, 0.25) is 0 Å². The zero-order valence-electron chi connectivity index (χ0n) is 19.6. The summed E-state index contributed by atoms with van der Waals surface area (Å²) >= 11 is 0. The van der Waals surface area contributed by atoms with Crippen molar-refractivity contribution in [1.82, 2.24) is 9.55 Å². The topological polar surface area (TPSA) is 67.5 Å². The fourth-order valence-corrected chi connectivity index (χ4v) is 4.02. The van der Waals surface area contributed by atoms with Gasteiger partial charge < -0.3 is 19.5 Å². The molecule has 0 spiro atoms. The molecule has 32 heavy (non-hydrogen) atoms. The van der Waals surface area contributed by atoms with Gasteiger partial charge in [-0.05, 0) is 62.8 Å². The van der Waals surface area contributed by atoms with E-state index in [0.29, 0.717) is 6.61 Å². The molecule has 4 rings (SSSR count). The van der Waals surface area contributed by atoms with Crippen molar-refractivity contribution in [1.29, 1.82) is 0 Å². The van der Waals surface area contributed by atoms with Crippen LogP contribution in [0.3, 0.4) is 0 Å². The number of ether oxygens (including phenoxy) is 1. The molecule has 2 N–H and O–H groups in total. The lowest BCUT2D eigenvalue weighted by Gasteiger charge is -2.14. The van der Waals surface area contributed by atoms with E-state index in [1.807, 2.05) is 6.20 Å². The summed E-state index contributed by atoms with van der Waals surface area (Å²) in [5.74, 6) is 2.02. The third kappa shape index (κ3) is 6.68. The van der Waals surface area contributed by atoms with Gasteiger partial charge in [-0.3, -0.25) is 0 Å². The number of aromatic nitrogens is 2. The Morgan fingerprint density at radius 3 is 2.47 bits per heavy atom. The predicted molar refractivity (Wildman–Crippen MR) is 129 cm³/mol. The number of unbranched alkanes of at least 4 members (excludes halogenated alkanes) is 2. The van der Waals surface area contributed by atoms with Gasteiger partial charge in [0.1, 0.15) is 24.5 Å². The minimum absolute atomic E-state index is 0.559. The maximum Gasteiger partial charge on any atom is 0.148 e. The monoisotopic (exact) mass is 436 g/mol. The smallest absolute Gasteiger partial charge is 0.148 e. The molecular weight excluding hydrogens is 400 g/mol. The fourth-order valence-electron chi connectivity index (χ4n) is 4.02. The van der Waals surface area contributed by atoms with Crippen molar-refractivity contribution >= 4 is 0 Å². The Bertz CT molecular complexity index is 974. The highest BCUT2D eigenvalue weighted by molar-refractivity contribution is 5.56. The van der Waals surface area contributed by atoms with E-state index in [4.69, 9.17) is 19.9 Å². The summed E-state index contributed by atoms with van der Waals surface area (Å²) in [5, 5.41) is 15.2. The molecule has 0 bridgehead atoms. The third-order valence-electron chi connectivity index (χ3n) is 5.69. The van der Waals surface area contributed by atoms with Crippen molar-refractivity contribution in [3.8, 4) is 17.1 Å². The average Bonchev–Trinajstić information content (AvgIpc) is 3.39. The maximum atomic E-state index is 7.61. The van der Waals surface area contributed by atoms with Gasteiger partial charge in [0, 0.05) is 12.1 Å². The highest BCUT2D eigenvalue weighted by Crippen LogP contribution is 2.27. The van der Waals surface area contributed by atoms with Crippen LogP contribution < -0.4 is 4.74 Å². The van der Waals surface area contributed by atoms with E-state index in [-0.39, 0.29) is 0 Å². The number of aryl methyl sites for hydroxylation is 3. The van der Waals surface area contributed by atoms with Gasteiger partial charge in [-0.1, -0.05) is 55.7 Å². The summed E-state index contributed by atoms with van der Waals surface area (Å²) in [6.45, 7) is 7.18. The lowest BCUT2D eigenvalue weighted by atomic mass is 10.1. The van der Waals surface area contributed by atoms with Crippen molar-refractivity contribution in [3.05, 3.63) is 71.0 Å². The van der Waals surface area contributed by atoms with Gasteiger partial charge in [-0.25, -0.2) is 4.98 Å². The molecule has 0 radical (unpaired) electrons. The molecule has 5 nitrogen and oxygen atoms in total. The third-order valence-corrected chi connectivity index (χ3v) is 5.69. The van der Waals surface area contributed by atoms with Gasteiger partial charge in [0.05, 0.1) is 11.9 Å². The van der Waals surface area contributed by atoms with Crippen LogP contribution in [0.5, 0.6) is 5.75 Å².